The van der Waals surface area contributed by atoms with E-state index in [2.05, 4.69) is 20.5 Å². The van der Waals surface area contributed by atoms with Crippen LogP contribution in [0.15, 0.2) is 42.6 Å². The number of nitrogens with one attached hydrogen (secondary N) is 2. The van der Waals surface area contributed by atoms with Crippen molar-refractivity contribution in [1.29, 1.82) is 0 Å². The van der Waals surface area contributed by atoms with Crippen LogP contribution in [0.2, 0.25) is 0 Å². The van der Waals surface area contributed by atoms with Crippen molar-refractivity contribution in [2.75, 3.05) is 23.3 Å². The van der Waals surface area contributed by atoms with Crippen molar-refractivity contribution in [3.63, 3.8) is 0 Å². The van der Waals surface area contributed by atoms with E-state index in [-0.39, 0.29) is 5.91 Å². The lowest BCUT2D eigenvalue weighted by atomic mass is 10.2. The van der Waals surface area contributed by atoms with Crippen LogP contribution in [0, 0.1) is 0 Å². The summed E-state index contributed by atoms with van der Waals surface area (Å²) in [4.78, 5) is 29.7. The van der Waals surface area contributed by atoms with Crippen LogP contribution in [0.1, 0.15) is 28.8 Å². The van der Waals surface area contributed by atoms with Gasteiger partial charge in [0.05, 0.1) is 0 Å². The molecular weight excluding hydrogens is 318 g/mol. The van der Waals surface area contributed by atoms with E-state index in [1.54, 1.807) is 30.5 Å². The van der Waals surface area contributed by atoms with Gasteiger partial charge < -0.3 is 21.3 Å². The fraction of sp³-hybridized carbons (Fsp3) is 0.278. The number of primary amides is 1. The predicted octanol–water partition coefficient (Wildman–Crippen LogP) is 2.10. The lowest BCUT2D eigenvalue weighted by molar-refractivity contribution is 0.0951. The molecule has 0 saturated carbocycles. The van der Waals surface area contributed by atoms with Gasteiger partial charge in [0.2, 0.25) is 0 Å². The van der Waals surface area contributed by atoms with Gasteiger partial charge >= 0.3 is 6.03 Å². The zero-order valence-corrected chi connectivity index (χ0v) is 13.9. The van der Waals surface area contributed by atoms with Crippen LogP contribution in [0.5, 0.6) is 0 Å². The van der Waals surface area contributed by atoms with Gasteiger partial charge in [0.15, 0.2) is 0 Å². The number of nitrogens with zero attached hydrogens (tertiary/aromatic N) is 2. The molecule has 130 valence electrons. The number of aromatic nitrogens is 1. The molecule has 0 bridgehead atoms. The number of carbonyl (C=O) groups is 2. The summed E-state index contributed by atoms with van der Waals surface area (Å²) >= 11 is 0. The minimum atomic E-state index is -0.635. The molecule has 2 aromatic rings. The van der Waals surface area contributed by atoms with E-state index in [1.807, 2.05) is 12.1 Å². The van der Waals surface area contributed by atoms with Crippen molar-refractivity contribution in [2.45, 2.75) is 19.4 Å². The van der Waals surface area contributed by atoms with E-state index in [0.717, 1.165) is 24.5 Å². The molecule has 3 rings (SSSR count). The molecule has 0 radical (unpaired) electrons. The lowest BCUT2D eigenvalue weighted by Crippen LogP contribution is -2.24. The summed E-state index contributed by atoms with van der Waals surface area (Å²) in [6, 6.07) is 9.84. The maximum Gasteiger partial charge on any atom is 0.316 e. The number of hydrogen-bond acceptors (Lipinski definition) is 4. The molecule has 0 spiro atoms. The van der Waals surface area contributed by atoms with Gasteiger partial charge in [0, 0.05) is 37.1 Å². The molecule has 7 nitrogen and oxygen atoms in total. The molecule has 7 heteroatoms. The Balaban J connectivity index is 1.58. The summed E-state index contributed by atoms with van der Waals surface area (Å²) in [7, 11) is 0. The van der Waals surface area contributed by atoms with E-state index < -0.39 is 6.03 Å². The van der Waals surface area contributed by atoms with Crippen molar-refractivity contribution in [1.82, 2.24) is 10.3 Å². The molecule has 3 amide bonds. The topological polar surface area (TPSA) is 100 Å². The Morgan fingerprint density at radius 2 is 1.84 bits per heavy atom. The largest absolute Gasteiger partial charge is 0.357 e. The van der Waals surface area contributed by atoms with Gasteiger partial charge in [0.1, 0.15) is 5.82 Å². The molecule has 1 aliphatic rings. The molecule has 0 aliphatic carbocycles. The molecule has 25 heavy (non-hydrogen) atoms. The van der Waals surface area contributed by atoms with Gasteiger partial charge in [-0.1, -0.05) is 0 Å². The van der Waals surface area contributed by atoms with Crippen molar-refractivity contribution in [3.05, 3.63) is 53.7 Å². The molecule has 1 fully saturated rings. The first-order chi connectivity index (χ1) is 12.1. The Morgan fingerprint density at radius 1 is 1.12 bits per heavy atom. The Kier molecular flexibility index (Phi) is 5.13. The van der Waals surface area contributed by atoms with E-state index in [4.69, 9.17) is 5.73 Å². The number of hydrogen-bond donors (Lipinski definition) is 3. The van der Waals surface area contributed by atoms with Gasteiger partial charge in [0.25, 0.3) is 5.91 Å². The molecule has 1 aliphatic heterocycles. The van der Waals surface area contributed by atoms with Crippen LogP contribution in [0.25, 0.3) is 0 Å². The van der Waals surface area contributed by atoms with Crippen LogP contribution >= 0.6 is 0 Å². The number of urea groups is 1. The molecule has 0 atom stereocenters. The summed E-state index contributed by atoms with van der Waals surface area (Å²) < 4.78 is 0. The van der Waals surface area contributed by atoms with E-state index in [9.17, 15) is 9.59 Å². The van der Waals surface area contributed by atoms with Crippen LogP contribution < -0.4 is 21.3 Å². The zero-order chi connectivity index (χ0) is 17.6. The quantitative estimate of drug-likeness (QED) is 0.776. The average molecular weight is 339 g/mol. The first kappa shape index (κ1) is 16.8. The van der Waals surface area contributed by atoms with Gasteiger partial charge in [-0.25, -0.2) is 9.78 Å². The SMILES string of the molecule is NC(=O)Nc1ccc(C(=O)NCc2ccnc(N3CCCC3)c2)cc1. The Morgan fingerprint density at radius 3 is 2.52 bits per heavy atom. The molecule has 1 aromatic carbocycles. The highest BCUT2D eigenvalue weighted by molar-refractivity contribution is 5.95. The van der Waals surface area contributed by atoms with Gasteiger partial charge in [-0.15, -0.1) is 0 Å². The molecule has 0 unspecified atom stereocenters. The Labute approximate surface area is 146 Å². The number of pyridine rings is 1. The molecule has 4 N–H and O–H groups in total. The van der Waals surface area contributed by atoms with Crippen LogP contribution in [0.4, 0.5) is 16.3 Å². The van der Waals surface area contributed by atoms with Crippen LogP contribution in [-0.2, 0) is 6.54 Å². The van der Waals surface area contributed by atoms with Crippen molar-refractivity contribution in [2.24, 2.45) is 5.73 Å². The van der Waals surface area contributed by atoms with Crippen molar-refractivity contribution >= 4 is 23.4 Å². The zero-order valence-electron chi connectivity index (χ0n) is 13.9. The monoisotopic (exact) mass is 339 g/mol. The molecular formula is C18H21N5O2. The summed E-state index contributed by atoms with van der Waals surface area (Å²) in [5.41, 5.74) is 7.13. The van der Waals surface area contributed by atoms with Crippen molar-refractivity contribution < 1.29 is 9.59 Å². The Hall–Kier alpha value is -3.09. The van der Waals surface area contributed by atoms with E-state index >= 15 is 0 Å². The number of anilines is 2. The highest BCUT2D eigenvalue weighted by Gasteiger charge is 2.14. The minimum Gasteiger partial charge on any atom is -0.357 e. The maximum absolute atomic E-state index is 12.2. The first-order valence-electron chi connectivity index (χ1n) is 8.26. The summed E-state index contributed by atoms with van der Waals surface area (Å²) in [5, 5.41) is 5.35. The third-order valence-electron chi connectivity index (χ3n) is 4.11. The summed E-state index contributed by atoms with van der Waals surface area (Å²) in [6.07, 6.45) is 4.17. The van der Waals surface area contributed by atoms with Crippen LogP contribution in [-0.4, -0.2) is 30.0 Å². The second-order valence-electron chi connectivity index (χ2n) is 5.97. The molecule has 2 heterocycles. The number of rotatable bonds is 5. The highest BCUT2D eigenvalue weighted by Crippen LogP contribution is 2.18. The lowest BCUT2D eigenvalue weighted by Gasteiger charge is -2.17. The van der Waals surface area contributed by atoms with Gasteiger partial charge in [-0.2, -0.15) is 0 Å². The number of nitrogens with two attached hydrogens (primary N) is 1. The van der Waals surface area contributed by atoms with E-state index in [0.29, 0.717) is 17.8 Å². The smallest absolute Gasteiger partial charge is 0.316 e. The number of amides is 3. The third kappa shape index (κ3) is 4.47. The van der Waals surface area contributed by atoms with Gasteiger partial charge in [-0.3, -0.25) is 4.79 Å². The number of benzene rings is 1. The molecule has 1 aromatic heterocycles. The Bertz CT molecular complexity index is 754. The summed E-state index contributed by atoms with van der Waals surface area (Å²) in [6.45, 7) is 2.51. The molecule has 1 saturated heterocycles. The van der Waals surface area contributed by atoms with E-state index in [1.165, 1.54) is 12.8 Å². The predicted molar refractivity (Wildman–Crippen MR) is 96.5 cm³/mol. The maximum atomic E-state index is 12.2. The second kappa shape index (κ2) is 7.65. The third-order valence-corrected chi connectivity index (χ3v) is 4.11. The van der Waals surface area contributed by atoms with Crippen LogP contribution in [0.3, 0.4) is 0 Å². The number of carbonyl (C=O) groups excluding carboxylic acids is 2. The fourth-order valence-electron chi connectivity index (χ4n) is 2.82. The van der Waals surface area contributed by atoms with Gasteiger partial charge in [-0.05, 0) is 54.8 Å². The highest BCUT2D eigenvalue weighted by atomic mass is 16.2. The minimum absolute atomic E-state index is 0.176. The second-order valence-corrected chi connectivity index (χ2v) is 5.97. The summed E-state index contributed by atoms with van der Waals surface area (Å²) in [5.74, 6) is 0.788. The fourth-order valence-corrected chi connectivity index (χ4v) is 2.82. The standard InChI is InChI=1S/C18H21N5O2/c19-18(25)22-15-5-3-14(4-6-15)17(24)21-12-13-7-8-20-16(11-13)23-9-1-2-10-23/h3-8,11H,1-2,9-10,12H2,(H,21,24)(H3,19,22,25). The first-order valence-corrected chi connectivity index (χ1v) is 8.26. The van der Waals surface area contributed by atoms with Crippen molar-refractivity contribution in [3.8, 4) is 0 Å². The normalized spacial score (nSPS) is 13.5. The average Bonchev–Trinajstić information content (AvgIpc) is 3.15.